The molecular weight excluding hydrogens is 362 g/mol. The van der Waals surface area contributed by atoms with Crippen LogP contribution >= 0.6 is 0 Å². The van der Waals surface area contributed by atoms with Gasteiger partial charge in [0.15, 0.2) is 30.0 Å². The van der Waals surface area contributed by atoms with Gasteiger partial charge in [-0.3, -0.25) is 9.59 Å². The van der Waals surface area contributed by atoms with E-state index in [2.05, 4.69) is 0 Å². The first-order valence-corrected chi connectivity index (χ1v) is 9.58. The SMILES string of the molecule is COc1cc(C(C)=O)ccc1OCC(=O)O[C@H](C)C(=O)N1[C@H](C)CCC[C@H]1C. The lowest BCUT2D eigenvalue weighted by Crippen LogP contribution is -2.51. The van der Waals surface area contributed by atoms with Crippen molar-refractivity contribution in [2.75, 3.05) is 13.7 Å². The van der Waals surface area contributed by atoms with E-state index in [1.54, 1.807) is 25.1 Å². The first-order valence-electron chi connectivity index (χ1n) is 9.58. The molecule has 0 aliphatic carbocycles. The van der Waals surface area contributed by atoms with Crippen molar-refractivity contribution >= 4 is 17.7 Å². The minimum atomic E-state index is -0.874. The van der Waals surface area contributed by atoms with Gasteiger partial charge in [-0.05, 0) is 65.2 Å². The van der Waals surface area contributed by atoms with Gasteiger partial charge in [0.25, 0.3) is 5.91 Å². The fourth-order valence-electron chi connectivity index (χ4n) is 3.49. The van der Waals surface area contributed by atoms with E-state index < -0.39 is 12.1 Å². The summed E-state index contributed by atoms with van der Waals surface area (Å²) in [5.74, 6) is -0.257. The van der Waals surface area contributed by atoms with Crippen LogP contribution in [0.5, 0.6) is 11.5 Å². The molecule has 0 N–H and O–H groups in total. The van der Waals surface area contributed by atoms with Crippen LogP contribution < -0.4 is 9.47 Å². The summed E-state index contributed by atoms with van der Waals surface area (Å²) >= 11 is 0. The molecule has 1 amide bonds. The second-order valence-corrected chi connectivity index (χ2v) is 7.22. The lowest BCUT2D eigenvalue weighted by atomic mass is 9.97. The Hall–Kier alpha value is -2.57. The number of carbonyl (C=O) groups is 3. The monoisotopic (exact) mass is 391 g/mol. The summed E-state index contributed by atoms with van der Waals surface area (Å²) in [6.07, 6.45) is 2.13. The number of hydrogen-bond donors (Lipinski definition) is 0. The Morgan fingerprint density at radius 3 is 2.36 bits per heavy atom. The molecule has 0 saturated carbocycles. The van der Waals surface area contributed by atoms with Crippen molar-refractivity contribution in [3.05, 3.63) is 23.8 Å². The Morgan fingerprint density at radius 1 is 1.14 bits per heavy atom. The lowest BCUT2D eigenvalue weighted by Gasteiger charge is -2.40. The topological polar surface area (TPSA) is 82.1 Å². The van der Waals surface area contributed by atoms with Crippen LogP contribution in [0.3, 0.4) is 0 Å². The van der Waals surface area contributed by atoms with E-state index in [1.807, 2.05) is 18.7 Å². The van der Waals surface area contributed by atoms with Crippen LogP contribution in [0.4, 0.5) is 0 Å². The maximum Gasteiger partial charge on any atom is 0.344 e. The Kier molecular flexibility index (Phi) is 7.43. The van der Waals surface area contributed by atoms with Gasteiger partial charge in [0.1, 0.15) is 0 Å². The summed E-state index contributed by atoms with van der Waals surface area (Å²) in [6.45, 7) is 6.70. The van der Waals surface area contributed by atoms with Crippen LogP contribution in [0.15, 0.2) is 18.2 Å². The molecule has 0 unspecified atom stereocenters. The first-order chi connectivity index (χ1) is 13.2. The minimum absolute atomic E-state index is 0.0993. The van der Waals surface area contributed by atoms with Gasteiger partial charge in [0.05, 0.1) is 7.11 Å². The average molecular weight is 391 g/mol. The van der Waals surface area contributed by atoms with Crippen LogP contribution in [0.1, 0.15) is 57.3 Å². The normalized spacial score (nSPS) is 20.2. The van der Waals surface area contributed by atoms with Crippen molar-refractivity contribution in [2.24, 2.45) is 0 Å². The summed E-state index contributed by atoms with van der Waals surface area (Å²) in [5.41, 5.74) is 0.482. The summed E-state index contributed by atoms with van der Waals surface area (Å²) in [7, 11) is 1.45. The Balaban J connectivity index is 1.93. The summed E-state index contributed by atoms with van der Waals surface area (Å²) in [5, 5.41) is 0. The number of carbonyl (C=O) groups excluding carboxylic acids is 3. The summed E-state index contributed by atoms with van der Waals surface area (Å²) in [4.78, 5) is 38.1. The predicted octanol–water partition coefficient (Wildman–Crippen LogP) is 3.00. The highest BCUT2D eigenvalue weighted by Gasteiger charge is 2.33. The van der Waals surface area contributed by atoms with E-state index in [0.29, 0.717) is 17.1 Å². The van der Waals surface area contributed by atoms with E-state index in [9.17, 15) is 14.4 Å². The number of ether oxygens (including phenoxy) is 3. The predicted molar refractivity (Wildman–Crippen MR) is 104 cm³/mol. The van der Waals surface area contributed by atoms with Crippen LogP contribution in [0.25, 0.3) is 0 Å². The van der Waals surface area contributed by atoms with Gasteiger partial charge in [-0.1, -0.05) is 0 Å². The molecule has 154 valence electrons. The van der Waals surface area contributed by atoms with Crippen LogP contribution in [0, 0.1) is 0 Å². The molecule has 1 aromatic rings. The number of amides is 1. The molecule has 0 aromatic heterocycles. The van der Waals surface area contributed by atoms with Crippen LogP contribution in [-0.2, 0) is 14.3 Å². The zero-order chi connectivity index (χ0) is 20.8. The number of piperidine rings is 1. The molecular formula is C21H29NO6. The van der Waals surface area contributed by atoms with Crippen molar-refractivity contribution in [1.82, 2.24) is 4.90 Å². The molecule has 2 rings (SSSR count). The zero-order valence-electron chi connectivity index (χ0n) is 17.2. The highest BCUT2D eigenvalue weighted by molar-refractivity contribution is 5.94. The van der Waals surface area contributed by atoms with Gasteiger partial charge < -0.3 is 19.1 Å². The number of Topliss-reactive ketones (excluding diaryl/α,β-unsaturated/α-hetero) is 1. The van der Waals surface area contributed by atoms with Gasteiger partial charge >= 0.3 is 5.97 Å². The zero-order valence-corrected chi connectivity index (χ0v) is 17.2. The Morgan fingerprint density at radius 2 is 1.79 bits per heavy atom. The van der Waals surface area contributed by atoms with E-state index >= 15 is 0 Å². The summed E-state index contributed by atoms with van der Waals surface area (Å²) < 4.78 is 15.9. The molecule has 28 heavy (non-hydrogen) atoms. The van der Waals surface area contributed by atoms with Gasteiger partial charge in [-0.15, -0.1) is 0 Å². The first kappa shape index (κ1) is 21.7. The highest BCUT2D eigenvalue weighted by Crippen LogP contribution is 2.28. The van der Waals surface area contributed by atoms with E-state index in [1.165, 1.54) is 14.0 Å². The third kappa shape index (κ3) is 5.24. The maximum absolute atomic E-state index is 12.7. The second kappa shape index (κ2) is 9.57. The molecule has 7 heteroatoms. The molecule has 0 bridgehead atoms. The molecule has 1 saturated heterocycles. The quantitative estimate of drug-likeness (QED) is 0.525. The maximum atomic E-state index is 12.7. The third-order valence-corrected chi connectivity index (χ3v) is 5.02. The van der Waals surface area contributed by atoms with E-state index in [-0.39, 0.29) is 30.4 Å². The van der Waals surface area contributed by atoms with Crippen molar-refractivity contribution in [3.63, 3.8) is 0 Å². The number of methoxy groups -OCH3 is 1. The lowest BCUT2D eigenvalue weighted by molar-refractivity contribution is -0.163. The van der Waals surface area contributed by atoms with Crippen molar-refractivity contribution < 1.29 is 28.6 Å². The molecule has 7 nitrogen and oxygen atoms in total. The Labute approximate surface area is 165 Å². The van der Waals surface area contributed by atoms with Gasteiger partial charge in [-0.2, -0.15) is 0 Å². The Bertz CT molecular complexity index is 722. The number of nitrogens with zero attached hydrogens (tertiary/aromatic N) is 1. The molecule has 1 aliphatic rings. The number of likely N-dealkylation sites (tertiary alicyclic amines) is 1. The number of benzene rings is 1. The number of hydrogen-bond acceptors (Lipinski definition) is 6. The smallest absolute Gasteiger partial charge is 0.344 e. The van der Waals surface area contributed by atoms with Crippen molar-refractivity contribution in [2.45, 2.75) is 65.1 Å². The molecule has 1 fully saturated rings. The molecule has 0 spiro atoms. The van der Waals surface area contributed by atoms with Crippen molar-refractivity contribution in [3.8, 4) is 11.5 Å². The number of esters is 1. The van der Waals surface area contributed by atoms with Crippen LogP contribution in [0.2, 0.25) is 0 Å². The molecule has 0 radical (unpaired) electrons. The summed E-state index contributed by atoms with van der Waals surface area (Å²) in [6, 6.07) is 4.98. The van der Waals surface area contributed by atoms with E-state index in [4.69, 9.17) is 14.2 Å². The van der Waals surface area contributed by atoms with Gasteiger partial charge in [0.2, 0.25) is 0 Å². The fraction of sp³-hybridized carbons (Fsp3) is 0.571. The largest absolute Gasteiger partial charge is 0.493 e. The average Bonchev–Trinajstić information content (AvgIpc) is 2.65. The fourth-order valence-corrected chi connectivity index (χ4v) is 3.49. The number of ketones is 1. The van der Waals surface area contributed by atoms with Gasteiger partial charge in [-0.25, -0.2) is 4.79 Å². The van der Waals surface area contributed by atoms with E-state index in [0.717, 1.165) is 19.3 Å². The van der Waals surface area contributed by atoms with Crippen molar-refractivity contribution in [1.29, 1.82) is 0 Å². The highest BCUT2D eigenvalue weighted by atomic mass is 16.6. The molecule has 1 aromatic carbocycles. The molecule has 1 heterocycles. The number of rotatable bonds is 7. The van der Waals surface area contributed by atoms with Gasteiger partial charge in [0, 0.05) is 17.6 Å². The van der Waals surface area contributed by atoms with Crippen LogP contribution in [-0.4, -0.2) is 54.5 Å². The standard InChI is InChI=1S/C21H29NO6/c1-13-7-6-8-14(2)22(13)21(25)16(4)28-20(24)12-27-18-10-9-17(15(3)23)11-19(18)26-5/h9-11,13-14,16H,6-8,12H2,1-5H3/t13-,14-,16-/m1/s1. The second-order valence-electron chi connectivity index (χ2n) is 7.22. The minimum Gasteiger partial charge on any atom is -0.493 e. The third-order valence-electron chi connectivity index (χ3n) is 5.02. The molecule has 1 aliphatic heterocycles. The molecule has 3 atom stereocenters.